The number of esters is 1. The van der Waals surface area contributed by atoms with Crippen LogP contribution in [0, 0.1) is 0 Å². The zero-order chi connectivity index (χ0) is 14.0. The van der Waals surface area contributed by atoms with Gasteiger partial charge in [0.2, 0.25) is 0 Å². The fourth-order valence-corrected chi connectivity index (χ4v) is 3.25. The van der Waals surface area contributed by atoms with Gasteiger partial charge >= 0.3 is 5.97 Å². The average Bonchev–Trinajstić information content (AvgIpc) is 2.75. The van der Waals surface area contributed by atoms with Gasteiger partial charge in [0.05, 0.1) is 0 Å². The molecule has 3 nitrogen and oxygen atoms in total. The molecule has 1 atom stereocenters. The molecule has 106 valence electrons. The molecule has 1 aromatic carbocycles. The summed E-state index contributed by atoms with van der Waals surface area (Å²) in [6, 6.07) is 10.1. The highest BCUT2D eigenvalue weighted by Crippen LogP contribution is 2.36. The molecular formula is C17H21NO2. The van der Waals surface area contributed by atoms with Crippen LogP contribution in [0.2, 0.25) is 0 Å². The summed E-state index contributed by atoms with van der Waals surface area (Å²) in [4.78, 5) is 14.2. The molecule has 1 aromatic rings. The topological polar surface area (TPSA) is 29.5 Å². The molecule has 1 unspecified atom stereocenters. The van der Waals surface area contributed by atoms with Crippen LogP contribution >= 0.6 is 0 Å². The zero-order valence-electron chi connectivity index (χ0n) is 12.0. The van der Waals surface area contributed by atoms with E-state index in [0.717, 1.165) is 30.8 Å². The average molecular weight is 271 g/mol. The largest absolute Gasteiger partial charge is 0.450 e. The highest BCUT2D eigenvalue weighted by atomic mass is 16.6. The second-order valence-corrected chi connectivity index (χ2v) is 5.91. The third-order valence-corrected chi connectivity index (χ3v) is 4.22. The van der Waals surface area contributed by atoms with Crippen molar-refractivity contribution in [2.24, 2.45) is 0 Å². The number of hydrogen-bond acceptors (Lipinski definition) is 3. The number of carbonyl (C=O) groups is 1. The van der Waals surface area contributed by atoms with Gasteiger partial charge in [0.25, 0.3) is 0 Å². The molecule has 1 saturated heterocycles. The normalized spacial score (nSPS) is 27.2. The van der Waals surface area contributed by atoms with Gasteiger partial charge in [-0.25, -0.2) is 4.79 Å². The Bertz CT molecular complexity index is 517. The Hall–Kier alpha value is -1.61. The van der Waals surface area contributed by atoms with Crippen molar-refractivity contribution in [2.45, 2.75) is 31.8 Å². The minimum Gasteiger partial charge on any atom is -0.450 e. The minimum absolute atomic E-state index is 0.219. The second-order valence-electron chi connectivity index (χ2n) is 5.91. The third kappa shape index (κ3) is 2.63. The van der Waals surface area contributed by atoms with Crippen molar-refractivity contribution in [1.29, 1.82) is 0 Å². The quantitative estimate of drug-likeness (QED) is 0.792. The second kappa shape index (κ2) is 5.41. The van der Waals surface area contributed by atoms with E-state index >= 15 is 0 Å². The first-order chi connectivity index (χ1) is 9.67. The van der Waals surface area contributed by atoms with Crippen LogP contribution in [-0.2, 0) is 9.53 Å². The smallest absolute Gasteiger partial charge is 0.332 e. The van der Waals surface area contributed by atoms with E-state index in [0.29, 0.717) is 0 Å². The monoisotopic (exact) mass is 271 g/mol. The number of likely N-dealkylation sites (tertiary alicyclic amines) is 1. The van der Waals surface area contributed by atoms with E-state index in [1.165, 1.54) is 19.3 Å². The number of ether oxygens (including phenoxy) is 1. The molecule has 0 saturated carbocycles. The Morgan fingerprint density at radius 2 is 1.85 bits per heavy atom. The number of rotatable bonds is 3. The van der Waals surface area contributed by atoms with E-state index in [9.17, 15) is 4.79 Å². The maximum Gasteiger partial charge on any atom is 0.332 e. The van der Waals surface area contributed by atoms with Crippen LogP contribution in [0.15, 0.2) is 36.4 Å². The van der Waals surface area contributed by atoms with E-state index in [1.807, 2.05) is 37.3 Å². The van der Waals surface area contributed by atoms with Crippen LogP contribution in [-0.4, -0.2) is 36.1 Å². The molecule has 3 rings (SSSR count). The molecule has 1 fully saturated rings. The lowest BCUT2D eigenvalue weighted by molar-refractivity contribution is -0.145. The summed E-state index contributed by atoms with van der Waals surface area (Å²) in [5.41, 5.74) is 1.57. The molecule has 2 aliphatic heterocycles. The fraction of sp³-hybridized carbons (Fsp3) is 0.471. The van der Waals surface area contributed by atoms with Gasteiger partial charge in [0.1, 0.15) is 5.60 Å². The van der Waals surface area contributed by atoms with Crippen LogP contribution in [0.4, 0.5) is 0 Å². The molecule has 3 heteroatoms. The summed E-state index contributed by atoms with van der Waals surface area (Å²) in [5, 5.41) is 0. The van der Waals surface area contributed by atoms with Crippen molar-refractivity contribution in [3.8, 4) is 0 Å². The van der Waals surface area contributed by atoms with E-state index in [2.05, 4.69) is 4.90 Å². The van der Waals surface area contributed by atoms with Gasteiger partial charge in [-0.3, -0.25) is 4.90 Å². The van der Waals surface area contributed by atoms with Crippen molar-refractivity contribution in [3.05, 3.63) is 42.0 Å². The van der Waals surface area contributed by atoms with Gasteiger partial charge < -0.3 is 4.74 Å². The Kier molecular flexibility index (Phi) is 3.62. The first kappa shape index (κ1) is 13.4. The van der Waals surface area contributed by atoms with E-state index in [1.54, 1.807) is 6.08 Å². The maximum atomic E-state index is 11.8. The van der Waals surface area contributed by atoms with Crippen molar-refractivity contribution >= 4 is 11.5 Å². The lowest BCUT2D eigenvalue weighted by Gasteiger charge is -2.35. The summed E-state index contributed by atoms with van der Waals surface area (Å²) in [6.07, 6.45) is 5.45. The van der Waals surface area contributed by atoms with Crippen molar-refractivity contribution in [2.75, 3.05) is 19.6 Å². The number of benzene rings is 1. The molecule has 0 radical (unpaired) electrons. The maximum absolute atomic E-state index is 11.8. The first-order valence-corrected chi connectivity index (χ1v) is 7.40. The van der Waals surface area contributed by atoms with Crippen LogP contribution in [0.3, 0.4) is 0 Å². The first-order valence-electron chi connectivity index (χ1n) is 7.40. The highest BCUT2D eigenvalue weighted by Gasteiger charge is 2.40. The standard InChI is InChI=1S/C17H21NO2/c1-17(13-18-10-6-3-7-11-18)15(12-16(19)20-17)14-8-4-2-5-9-14/h2,4-5,8-9,12H,3,6-7,10-11,13H2,1H3. The molecule has 0 aliphatic carbocycles. The molecule has 0 aromatic heterocycles. The molecule has 0 bridgehead atoms. The number of hydrogen-bond donors (Lipinski definition) is 0. The Morgan fingerprint density at radius 1 is 1.15 bits per heavy atom. The molecule has 20 heavy (non-hydrogen) atoms. The summed E-state index contributed by atoms with van der Waals surface area (Å²) in [7, 11) is 0. The minimum atomic E-state index is -0.518. The SMILES string of the molecule is CC1(CN2CCCCC2)OC(=O)C=C1c1ccccc1. The van der Waals surface area contributed by atoms with Gasteiger partial charge in [-0.1, -0.05) is 36.8 Å². The van der Waals surface area contributed by atoms with Gasteiger partial charge in [0.15, 0.2) is 0 Å². The van der Waals surface area contributed by atoms with Gasteiger partial charge in [0, 0.05) is 18.2 Å². The predicted octanol–water partition coefficient (Wildman–Crippen LogP) is 2.87. The molecule has 0 N–H and O–H groups in total. The Labute approximate surface area is 120 Å². The molecule has 2 heterocycles. The molecule has 0 spiro atoms. The van der Waals surface area contributed by atoms with E-state index < -0.39 is 5.60 Å². The van der Waals surface area contributed by atoms with E-state index in [4.69, 9.17) is 4.74 Å². The highest BCUT2D eigenvalue weighted by molar-refractivity contribution is 5.98. The van der Waals surface area contributed by atoms with Crippen LogP contribution in [0.5, 0.6) is 0 Å². The summed E-state index contributed by atoms with van der Waals surface area (Å²) in [5.74, 6) is -0.219. The lowest BCUT2D eigenvalue weighted by atomic mass is 9.89. The Morgan fingerprint density at radius 3 is 2.55 bits per heavy atom. The Balaban J connectivity index is 1.83. The molecular weight excluding hydrogens is 250 g/mol. The number of piperidine rings is 1. The molecule has 2 aliphatic rings. The zero-order valence-corrected chi connectivity index (χ0v) is 12.0. The fourth-order valence-electron chi connectivity index (χ4n) is 3.25. The summed E-state index contributed by atoms with van der Waals surface area (Å²) < 4.78 is 5.65. The van der Waals surface area contributed by atoms with Crippen molar-refractivity contribution in [3.63, 3.8) is 0 Å². The summed E-state index contributed by atoms with van der Waals surface area (Å²) >= 11 is 0. The number of nitrogens with zero attached hydrogens (tertiary/aromatic N) is 1. The van der Waals surface area contributed by atoms with Crippen LogP contribution in [0.25, 0.3) is 5.57 Å². The third-order valence-electron chi connectivity index (χ3n) is 4.22. The predicted molar refractivity (Wildman–Crippen MR) is 79.2 cm³/mol. The van der Waals surface area contributed by atoms with Crippen molar-refractivity contribution < 1.29 is 9.53 Å². The lowest BCUT2D eigenvalue weighted by Crippen LogP contribution is -2.44. The summed E-state index contributed by atoms with van der Waals surface area (Å²) in [6.45, 7) is 5.04. The van der Waals surface area contributed by atoms with Gasteiger partial charge in [-0.05, 0) is 38.4 Å². The van der Waals surface area contributed by atoms with Crippen LogP contribution in [0.1, 0.15) is 31.7 Å². The number of cyclic esters (lactones) is 1. The van der Waals surface area contributed by atoms with Crippen LogP contribution < -0.4 is 0 Å². The van der Waals surface area contributed by atoms with Gasteiger partial charge in [-0.15, -0.1) is 0 Å². The van der Waals surface area contributed by atoms with Gasteiger partial charge in [-0.2, -0.15) is 0 Å². The van der Waals surface area contributed by atoms with Crippen molar-refractivity contribution in [1.82, 2.24) is 4.90 Å². The van der Waals surface area contributed by atoms with E-state index in [-0.39, 0.29) is 5.97 Å². The molecule has 0 amide bonds. The number of carbonyl (C=O) groups excluding carboxylic acids is 1.